The van der Waals surface area contributed by atoms with E-state index in [4.69, 9.17) is 0 Å². The van der Waals surface area contributed by atoms with Crippen LogP contribution < -0.4 is 5.32 Å². The van der Waals surface area contributed by atoms with E-state index >= 15 is 0 Å². The van der Waals surface area contributed by atoms with E-state index in [9.17, 15) is 23.8 Å². The van der Waals surface area contributed by atoms with Crippen molar-refractivity contribution in [3.63, 3.8) is 0 Å². The minimum Gasteiger partial charge on any atom is -0.479 e. The van der Waals surface area contributed by atoms with Gasteiger partial charge in [-0.05, 0) is 30.4 Å². The van der Waals surface area contributed by atoms with Gasteiger partial charge in [-0.3, -0.25) is 4.99 Å². The van der Waals surface area contributed by atoms with Crippen LogP contribution in [0.5, 0.6) is 0 Å². The van der Waals surface area contributed by atoms with Gasteiger partial charge in [0.15, 0.2) is 5.60 Å². The molecule has 0 radical (unpaired) electrons. The molecular formula is C18H23ClF2N2O3. The number of carboxylic acids is 1. The van der Waals surface area contributed by atoms with E-state index in [0.717, 1.165) is 6.42 Å². The molecule has 0 bridgehead atoms. The van der Waals surface area contributed by atoms with Crippen LogP contribution in [0.3, 0.4) is 0 Å². The van der Waals surface area contributed by atoms with E-state index in [-0.39, 0.29) is 30.4 Å². The topological polar surface area (TPSA) is 81.9 Å². The number of aliphatic hydroxyl groups is 1. The lowest BCUT2D eigenvalue weighted by molar-refractivity contribution is -0.167. The van der Waals surface area contributed by atoms with Gasteiger partial charge in [0.1, 0.15) is 0 Å². The Morgan fingerprint density at radius 2 is 2.08 bits per heavy atom. The highest BCUT2D eigenvalue weighted by molar-refractivity contribution is 5.85. The quantitative estimate of drug-likeness (QED) is 0.724. The zero-order valence-electron chi connectivity index (χ0n) is 14.2. The van der Waals surface area contributed by atoms with Crippen LogP contribution in [0.15, 0.2) is 29.3 Å². The van der Waals surface area contributed by atoms with Crippen molar-refractivity contribution in [2.75, 3.05) is 6.54 Å². The predicted molar refractivity (Wildman–Crippen MR) is 96.1 cm³/mol. The van der Waals surface area contributed by atoms with Crippen LogP contribution in [0.4, 0.5) is 8.78 Å². The number of carbonyl (C=O) groups is 1. The summed E-state index contributed by atoms with van der Waals surface area (Å²) in [5.74, 6) is -5.41. The molecule has 0 spiro atoms. The Kier molecular flexibility index (Phi) is 6.24. The number of aliphatic imine (C=N–C) groups is 1. The first-order chi connectivity index (χ1) is 11.8. The molecule has 1 fully saturated rings. The van der Waals surface area contributed by atoms with E-state index in [0.29, 0.717) is 18.5 Å². The van der Waals surface area contributed by atoms with Crippen molar-refractivity contribution in [1.29, 1.82) is 0 Å². The summed E-state index contributed by atoms with van der Waals surface area (Å²) in [7, 11) is 0. The number of nitrogens with zero attached hydrogens (tertiary/aromatic N) is 1. The van der Waals surface area contributed by atoms with Crippen molar-refractivity contribution in [2.24, 2.45) is 10.9 Å². The third-order valence-electron chi connectivity index (χ3n) is 5.22. The molecule has 1 aliphatic carbocycles. The SMILES string of the molecule is Cl.O=C(O)[C@](O)(c1ccccc1C[C@@H]1CCN=CN1)[C@@H]1CCC(F)(F)C1. The van der Waals surface area contributed by atoms with E-state index in [1.807, 2.05) is 0 Å². The predicted octanol–water partition coefficient (Wildman–Crippen LogP) is 2.75. The maximum atomic E-state index is 13.6. The molecule has 1 saturated carbocycles. The van der Waals surface area contributed by atoms with Gasteiger partial charge in [0, 0.05) is 31.3 Å². The average Bonchev–Trinajstić information content (AvgIpc) is 2.96. The third-order valence-corrected chi connectivity index (χ3v) is 5.22. The van der Waals surface area contributed by atoms with Gasteiger partial charge < -0.3 is 15.5 Å². The first-order valence-corrected chi connectivity index (χ1v) is 8.49. The molecule has 3 N–H and O–H groups in total. The van der Waals surface area contributed by atoms with Crippen molar-refractivity contribution in [3.8, 4) is 0 Å². The van der Waals surface area contributed by atoms with Gasteiger partial charge in [-0.25, -0.2) is 13.6 Å². The molecule has 3 atom stereocenters. The molecule has 0 saturated heterocycles. The molecule has 0 amide bonds. The summed E-state index contributed by atoms with van der Waals surface area (Å²) < 4.78 is 27.3. The van der Waals surface area contributed by atoms with E-state index < -0.39 is 36.3 Å². The molecule has 1 aromatic rings. The molecule has 8 heteroatoms. The fourth-order valence-corrected chi connectivity index (χ4v) is 3.85. The Morgan fingerprint density at radius 3 is 2.65 bits per heavy atom. The van der Waals surface area contributed by atoms with E-state index in [1.165, 1.54) is 6.07 Å². The highest BCUT2D eigenvalue weighted by atomic mass is 35.5. The number of hydrogen-bond acceptors (Lipinski definition) is 4. The fourth-order valence-electron chi connectivity index (χ4n) is 3.85. The normalized spacial score (nSPS) is 26.4. The molecule has 0 aromatic heterocycles. The highest BCUT2D eigenvalue weighted by Gasteiger charge is 2.54. The lowest BCUT2D eigenvalue weighted by Crippen LogP contribution is -2.44. The fraction of sp³-hybridized carbons (Fsp3) is 0.556. The average molecular weight is 389 g/mol. The molecular weight excluding hydrogens is 366 g/mol. The zero-order valence-corrected chi connectivity index (χ0v) is 15.0. The largest absolute Gasteiger partial charge is 0.479 e. The lowest BCUT2D eigenvalue weighted by atomic mass is 9.77. The summed E-state index contributed by atoms with van der Waals surface area (Å²) >= 11 is 0. The van der Waals surface area contributed by atoms with Crippen LogP contribution in [0, 0.1) is 5.92 Å². The van der Waals surface area contributed by atoms with Crippen LogP contribution in [0.25, 0.3) is 0 Å². The molecule has 1 aliphatic heterocycles. The summed E-state index contributed by atoms with van der Waals surface area (Å²) in [5, 5.41) is 23.9. The summed E-state index contributed by atoms with van der Waals surface area (Å²) in [6.07, 6.45) is 1.89. The number of nitrogens with one attached hydrogen (secondary N) is 1. The lowest BCUT2D eigenvalue weighted by Gasteiger charge is -2.33. The molecule has 1 aromatic carbocycles. The van der Waals surface area contributed by atoms with Crippen molar-refractivity contribution >= 4 is 24.7 Å². The van der Waals surface area contributed by atoms with Crippen LogP contribution in [0.2, 0.25) is 0 Å². The van der Waals surface area contributed by atoms with Crippen molar-refractivity contribution in [2.45, 2.75) is 49.7 Å². The number of halogens is 3. The summed E-state index contributed by atoms with van der Waals surface area (Å²) in [5.41, 5.74) is -1.43. The summed E-state index contributed by atoms with van der Waals surface area (Å²) in [6.45, 7) is 0.678. The minimum atomic E-state index is -2.93. The van der Waals surface area contributed by atoms with Gasteiger partial charge in [0.25, 0.3) is 0 Å². The number of hydrogen-bond donors (Lipinski definition) is 3. The molecule has 1 heterocycles. The van der Waals surface area contributed by atoms with Gasteiger partial charge >= 0.3 is 5.97 Å². The maximum absolute atomic E-state index is 13.6. The number of benzene rings is 1. The number of alkyl halides is 2. The molecule has 26 heavy (non-hydrogen) atoms. The second-order valence-electron chi connectivity index (χ2n) is 6.92. The Morgan fingerprint density at radius 1 is 1.35 bits per heavy atom. The highest BCUT2D eigenvalue weighted by Crippen LogP contribution is 2.48. The Labute approximate surface area is 156 Å². The first-order valence-electron chi connectivity index (χ1n) is 8.49. The minimum absolute atomic E-state index is 0. The second-order valence-corrected chi connectivity index (χ2v) is 6.92. The van der Waals surface area contributed by atoms with Crippen molar-refractivity contribution in [1.82, 2.24) is 5.32 Å². The molecule has 144 valence electrons. The van der Waals surface area contributed by atoms with Crippen LogP contribution in [-0.4, -0.2) is 41.0 Å². The maximum Gasteiger partial charge on any atom is 0.340 e. The second kappa shape index (κ2) is 7.88. The number of carboxylic acid groups (broad SMARTS) is 1. The number of rotatable bonds is 5. The first kappa shape index (κ1) is 20.6. The smallest absolute Gasteiger partial charge is 0.340 e. The molecule has 2 aliphatic rings. The van der Waals surface area contributed by atoms with Crippen molar-refractivity contribution in [3.05, 3.63) is 35.4 Å². The van der Waals surface area contributed by atoms with Crippen molar-refractivity contribution < 1.29 is 23.8 Å². The molecule has 0 unspecified atom stereocenters. The van der Waals surface area contributed by atoms with E-state index in [2.05, 4.69) is 10.3 Å². The van der Waals surface area contributed by atoms with Crippen LogP contribution in [-0.2, 0) is 16.8 Å². The van der Waals surface area contributed by atoms with Crippen LogP contribution in [0.1, 0.15) is 36.8 Å². The van der Waals surface area contributed by atoms with Gasteiger partial charge in [0.2, 0.25) is 5.92 Å². The Hall–Kier alpha value is -1.73. The zero-order chi connectivity index (χ0) is 18.1. The van der Waals surface area contributed by atoms with E-state index in [1.54, 1.807) is 24.5 Å². The Balaban J connectivity index is 0.00000243. The monoisotopic (exact) mass is 388 g/mol. The Bertz CT molecular complexity index is 686. The van der Waals surface area contributed by atoms with Gasteiger partial charge in [-0.1, -0.05) is 24.3 Å². The van der Waals surface area contributed by atoms with Gasteiger partial charge in [-0.15, -0.1) is 12.4 Å². The summed E-state index contributed by atoms with van der Waals surface area (Å²) in [6, 6.07) is 6.76. The summed E-state index contributed by atoms with van der Waals surface area (Å²) in [4.78, 5) is 16.0. The molecule has 5 nitrogen and oxygen atoms in total. The number of aliphatic carboxylic acids is 1. The van der Waals surface area contributed by atoms with Gasteiger partial charge in [-0.2, -0.15) is 0 Å². The third kappa shape index (κ3) is 3.99. The van der Waals surface area contributed by atoms with Gasteiger partial charge in [0.05, 0.1) is 6.34 Å². The molecule has 3 rings (SSSR count). The standard InChI is InChI=1S/C18H22F2N2O3.ClH/c19-17(20)7-5-13(10-17)18(25,16(23)24)15-4-2-1-3-12(15)9-14-6-8-21-11-22-14;/h1-4,11,13-14,25H,5-10H2,(H,21,22)(H,23,24);1H/t13-,14+,18-;/m1./s1. The van der Waals surface area contributed by atoms with Crippen LogP contribution >= 0.6 is 12.4 Å².